The second-order valence-corrected chi connectivity index (χ2v) is 4.59. The van der Waals surface area contributed by atoms with E-state index in [1.807, 2.05) is 42.5 Å². The summed E-state index contributed by atoms with van der Waals surface area (Å²) in [6, 6.07) is 15.3. The van der Waals surface area contributed by atoms with Gasteiger partial charge in [-0.15, -0.1) is 0 Å². The van der Waals surface area contributed by atoms with E-state index in [0.717, 1.165) is 16.9 Å². The molecule has 21 heavy (non-hydrogen) atoms. The minimum atomic E-state index is -0.170. The van der Waals surface area contributed by atoms with Crippen molar-refractivity contribution in [3.63, 3.8) is 0 Å². The Labute approximate surface area is 122 Å². The Kier molecular flexibility index (Phi) is 3.78. The maximum Gasteiger partial charge on any atom is 0.253 e. The fraction of sp³-hybridized carbons (Fsp3) is 0.0588. The lowest BCUT2D eigenvalue weighted by Crippen LogP contribution is -2.22. The fourth-order valence-electron chi connectivity index (χ4n) is 2.04. The summed E-state index contributed by atoms with van der Waals surface area (Å²) in [6.07, 6.45) is 4.89. The molecule has 4 nitrogen and oxygen atoms in total. The van der Waals surface area contributed by atoms with Crippen LogP contribution in [0.4, 0.5) is 0 Å². The first-order valence-electron chi connectivity index (χ1n) is 6.64. The molecule has 0 spiro atoms. The number of amides is 1. The number of furan rings is 1. The molecule has 2 aromatic heterocycles. The Balaban J connectivity index is 1.75. The number of pyridine rings is 1. The van der Waals surface area contributed by atoms with Gasteiger partial charge in [-0.1, -0.05) is 30.3 Å². The highest BCUT2D eigenvalue weighted by Gasteiger charge is 2.08. The van der Waals surface area contributed by atoms with Crippen LogP contribution in [0.1, 0.15) is 16.1 Å². The highest BCUT2D eigenvalue weighted by molar-refractivity contribution is 5.94. The summed E-state index contributed by atoms with van der Waals surface area (Å²) in [5.74, 6) is 0.548. The van der Waals surface area contributed by atoms with E-state index >= 15 is 0 Å². The minimum Gasteiger partial charge on any atom is -0.467 e. The summed E-state index contributed by atoms with van der Waals surface area (Å²) in [6.45, 7) is 0.362. The molecule has 4 heteroatoms. The van der Waals surface area contributed by atoms with Gasteiger partial charge in [-0.2, -0.15) is 0 Å². The molecule has 0 saturated heterocycles. The van der Waals surface area contributed by atoms with E-state index in [9.17, 15) is 4.79 Å². The predicted octanol–water partition coefficient (Wildman–Crippen LogP) is 3.27. The molecule has 0 saturated carbocycles. The summed E-state index contributed by atoms with van der Waals surface area (Å²) in [4.78, 5) is 16.3. The molecule has 0 aliphatic rings. The van der Waals surface area contributed by atoms with Crippen LogP contribution in [0.2, 0.25) is 0 Å². The number of nitrogens with one attached hydrogen (secondary N) is 1. The van der Waals surface area contributed by atoms with Crippen LogP contribution in [0.15, 0.2) is 71.6 Å². The molecule has 1 N–H and O–H groups in total. The smallest absolute Gasteiger partial charge is 0.253 e. The number of carbonyl (C=O) groups is 1. The van der Waals surface area contributed by atoms with Crippen molar-refractivity contribution < 1.29 is 9.21 Å². The summed E-state index contributed by atoms with van der Waals surface area (Å²) in [7, 11) is 0. The molecular weight excluding hydrogens is 264 g/mol. The number of benzene rings is 1. The molecule has 0 aliphatic heterocycles. The van der Waals surface area contributed by atoms with Crippen LogP contribution < -0.4 is 5.32 Å². The molecule has 0 atom stereocenters. The Morgan fingerprint density at radius 2 is 1.90 bits per heavy atom. The zero-order chi connectivity index (χ0) is 14.5. The molecule has 1 amide bonds. The van der Waals surface area contributed by atoms with E-state index in [2.05, 4.69) is 10.3 Å². The van der Waals surface area contributed by atoms with Crippen LogP contribution in [0.5, 0.6) is 0 Å². The number of nitrogens with zero attached hydrogens (tertiary/aromatic N) is 1. The molecule has 0 fully saturated rings. The third kappa shape index (κ3) is 3.17. The number of rotatable bonds is 4. The lowest BCUT2D eigenvalue weighted by molar-refractivity contribution is 0.0947. The molecule has 1 aromatic carbocycles. The van der Waals surface area contributed by atoms with Gasteiger partial charge in [-0.05, 0) is 23.8 Å². The molecular formula is C17H14N2O2. The van der Waals surface area contributed by atoms with Crippen molar-refractivity contribution in [3.8, 4) is 11.1 Å². The van der Waals surface area contributed by atoms with Gasteiger partial charge in [-0.3, -0.25) is 9.78 Å². The average molecular weight is 278 g/mol. The molecule has 3 rings (SSSR count). The minimum absolute atomic E-state index is 0.170. The van der Waals surface area contributed by atoms with Crippen molar-refractivity contribution in [2.45, 2.75) is 6.54 Å². The second kappa shape index (κ2) is 6.05. The number of hydrogen-bond donors (Lipinski definition) is 1. The fourth-order valence-corrected chi connectivity index (χ4v) is 2.04. The number of aromatic nitrogens is 1. The van der Waals surface area contributed by atoms with Gasteiger partial charge in [0, 0.05) is 18.0 Å². The van der Waals surface area contributed by atoms with Gasteiger partial charge in [0.15, 0.2) is 0 Å². The van der Waals surface area contributed by atoms with E-state index in [1.54, 1.807) is 24.7 Å². The van der Waals surface area contributed by atoms with E-state index in [0.29, 0.717) is 12.1 Å². The Morgan fingerprint density at radius 1 is 1.05 bits per heavy atom. The van der Waals surface area contributed by atoms with E-state index in [-0.39, 0.29) is 5.91 Å². The molecule has 3 aromatic rings. The van der Waals surface area contributed by atoms with Crippen molar-refractivity contribution >= 4 is 5.91 Å². The van der Waals surface area contributed by atoms with Crippen molar-refractivity contribution in [3.05, 3.63) is 78.5 Å². The van der Waals surface area contributed by atoms with E-state index in [1.165, 1.54) is 0 Å². The molecule has 0 aliphatic carbocycles. The lowest BCUT2D eigenvalue weighted by Gasteiger charge is -2.05. The van der Waals surface area contributed by atoms with Crippen LogP contribution in [0.25, 0.3) is 11.1 Å². The van der Waals surface area contributed by atoms with Gasteiger partial charge in [0.1, 0.15) is 5.76 Å². The van der Waals surface area contributed by atoms with Gasteiger partial charge in [0.05, 0.1) is 18.4 Å². The summed E-state index contributed by atoms with van der Waals surface area (Å²) >= 11 is 0. The zero-order valence-electron chi connectivity index (χ0n) is 11.3. The second-order valence-electron chi connectivity index (χ2n) is 4.59. The van der Waals surface area contributed by atoms with Gasteiger partial charge in [-0.25, -0.2) is 0 Å². The summed E-state index contributed by atoms with van der Waals surface area (Å²) in [5.41, 5.74) is 2.48. The maximum absolute atomic E-state index is 12.1. The highest BCUT2D eigenvalue weighted by Crippen LogP contribution is 2.18. The number of carbonyl (C=O) groups excluding carboxylic acids is 1. The van der Waals surface area contributed by atoms with Crippen LogP contribution in [0, 0.1) is 0 Å². The standard InChI is InChI=1S/C17H14N2O2/c20-17(19-12-16-7-4-8-21-16)15-9-14(10-18-11-15)13-5-2-1-3-6-13/h1-11H,12H2,(H,19,20). The summed E-state index contributed by atoms with van der Waals surface area (Å²) < 4.78 is 5.18. The first kappa shape index (κ1) is 13.1. The molecule has 2 heterocycles. The monoisotopic (exact) mass is 278 g/mol. The number of hydrogen-bond acceptors (Lipinski definition) is 3. The molecule has 0 unspecified atom stereocenters. The Morgan fingerprint density at radius 3 is 2.67 bits per heavy atom. The quantitative estimate of drug-likeness (QED) is 0.797. The zero-order valence-corrected chi connectivity index (χ0v) is 11.3. The van der Waals surface area contributed by atoms with Crippen molar-refractivity contribution in [1.29, 1.82) is 0 Å². The van der Waals surface area contributed by atoms with Gasteiger partial charge in [0.2, 0.25) is 0 Å². The van der Waals surface area contributed by atoms with Gasteiger partial charge in [0.25, 0.3) is 5.91 Å². The Hall–Kier alpha value is -2.88. The van der Waals surface area contributed by atoms with Crippen LogP contribution >= 0.6 is 0 Å². The maximum atomic E-state index is 12.1. The summed E-state index contributed by atoms with van der Waals surface area (Å²) in [5, 5.41) is 2.81. The lowest BCUT2D eigenvalue weighted by atomic mass is 10.1. The van der Waals surface area contributed by atoms with Crippen molar-refractivity contribution in [2.75, 3.05) is 0 Å². The molecule has 0 radical (unpaired) electrons. The Bertz CT molecular complexity index is 722. The van der Waals surface area contributed by atoms with Crippen molar-refractivity contribution in [2.24, 2.45) is 0 Å². The van der Waals surface area contributed by atoms with E-state index < -0.39 is 0 Å². The average Bonchev–Trinajstić information content (AvgIpc) is 3.07. The van der Waals surface area contributed by atoms with Gasteiger partial charge >= 0.3 is 0 Å². The molecule has 0 bridgehead atoms. The van der Waals surface area contributed by atoms with Gasteiger partial charge < -0.3 is 9.73 Å². The molecule has 104 valence electrons. The normalized spacial score (nSPS) is 10.3. The first-order valence-corrected chi connectivity index (χ1v) is 6.64. The van der Waals surface area contributed by atoms with Crippen LogP contribution in [0.3, 0.4) is 0 Å². The SMILES string of the molecule is O=C(NCc1ccco1)c1cncc(-c2ccccc2)c1. The van der Waals surface area contributed by atoms with Crippen molar-refractivity contribution in [1.82, 2.24) is 10.3 Å². The third-order valence-corrected chi connectivity index (χ3v) is 3.11. The van der Waals surface area contributed by atoms with Crippen LogP contribution in [-0.4, -0.2) is 10.9 Å². The van der Waals surface area contributed by atoms with E-state index in [4.69, 9.17) is 4.42 Å². The predicted molar refractivity (Wildman–Crippen MR) is 79.6 cm³/mol. The highest BCUT2D eigenvalue weighted by atomic mass is 16.3. The third-order valence-electron chi connectivity index (χ3n) is 3.11. The largest absolute Gasteiger partial charge is 0.467 e. The van der Waals surface area contributed by atoms with Crippen LogP contribution in [-0.2, 0) is 6.54 Å². The first-order chi connectivity index (χ1) is 10.3. The topological polar surface area (TPSA) is 55.1 Å².